The van der Waals surface area contributed by atoms with Crippen LogP contribution in [-0.2, 0) is 14.3 Å². The normalized spacial score (nSPS) is 21.4. The molecule has 1 saturated heterocycles. The van der Waals surface area contributed by atoms with E-state index in [9.17, 15) is 10.1 Å². The molecule has 1 aromatic rings. The molecule has 4 heteroatoms. The summed E-state index contributed by atoms with van der Waals surface area (Å²) in [5, 5.41) is 9.24. The molecule has 122 valence electrons. The number of rotatable bonds is 6. The number of carbonyl (C=O) groups is 1. The Morgan fingerprint density at radius 2 is 2.22 bits per heavy atom. The van der Waals surface area contributed by atoms with Gasteiger partial charge in [0.25, 0.3) is 0 Å². The molecule has 0 bridgehead atoms. The van der Waals surface area contributed by atoms with Gasteiger partial charge in [0.05, 0.1) is 24.3 Å². The summed E-state index contributed by atoms with van der Waals surface area (Å²) in [6, 6.07) is 9.40. The van der Waals surface area contributed by atoms with Gasteiger partial charge in [-0.15, -0.1) is 6.58 Å². The molecule has 2 rings (SSSR count). The lowest BCUT2D eigenvalue weighted by molar-refractivity contribution is -0.238. The number of carbonyl (C=O) groups excluding carboxylic acids is 1. The second-order valence-electron chi connectivity index (χ2n) is 6.29. The average Bonchev–Trinajstić information content (AvgIpc) is 2.59. The second-order valence-corrected chi connectivity index (χ2v) is 6.29. The van der Waals surface area contributed by atoms with Gasteiger partial charge in [0, 0.05) is 17.4 Å². The van der Waals surface area contributed by atoms with Crippen molar-refractivity contribution in [3.8, 4) is 6.07 Å². The van der Waals surface area contributed by atoms with Crippen molar-refractivity contribution in [3.63, 3.8) is 0 Å². The van der Waals surface area contributed by atoms with Crippen molar-refractivity contribution >= 4 is 5.78 Å². The first kappa shape index (κ1) is 17.4. The standard InChI is InChI=1S/C19H23NO3/c1-4-5-10-16(21)19(2,3)17-11-12-22-18(23-17)15-9-7-6-8-14(15)13-20/h4,6-9,17-18H,1,5,10-12H2,2-3H3/t17-,18?/m0/s1. The zero-order valence-electron chi connectivity index (χ0n) is 13.7. The molecule has 1 aliphatic rings. The van der Waals surface area contributed by atoms with Crippen molar-refractivity contribution in [1.29, 1.82) is 5.26 Å². The lowest BCUT2D eigenvalue weighted by atomic mass is 9.78. The van der Waals surface area contributed by atoms with Crippen LogP contribution >= 0.6 is 0 Å². The number of nitrogens with zero attached hydrogens (tertiary/aromatic N) is 1. The van der Waals surface area contributed by atoms with E-state index in [0.717, 1.165) is 0 Å². The van der Waals surface area contributed by atoms with Crippen LogP contribution in [0.3, 0.4) is 0 Å². The van der Waals surface area contributed by atoms with Gasteiger partial charge in [-0.25, -0.2) is 0 Å². The average molecular weight is 313 g/mol. The van der Waals surface area contributed by atoms with E-state index >= 15 is 0 Å². The first-order valence-electron chi connectivity index (χ1n) is 7.91. The molecule has 0 saturated carbocycles. The number of ether oxygens (including phenoxy) is 2. The zero-order chi connectivity index (χ0) is 16.9. The summed E-state index contributed by atoms with van der Waals surface area (Å²) >= 11 is 0. The molecule has 4 nitrogen and oxygen atoms in total. The maximum absolute atomic E-state index is 12.5. The van der Waals surface area contributed by atoms with Gasteiger partial charge in [-0.3, -0.25) is 4.79 Å². The van der Waals surface area contributed by atoms with Crippen LogP contribution < -0.4 is 0 Å². The topological polar surface area (TPSA) is 59.3 Å². The van der Waals surface area contributed by atoms with Crippen LogP contribution in [0, 0.1) is 16.7 Å². The molecule has 1 heterocycles. The Kier molecular flexibility index (Phi) is 5.70. The molecule has 1 unspecified atom stereocenters. The van der Waals surface area contributed by atoms with Crippen molar-refractivity contribution < 1.29 is 14.3 Å². The molecule has 1 aromatic carbocycles. The van der Waals surface area contributed by atoms with Crippen LogP contribution in [-0.4, -0.2) is 18.5 Å². The van der Waals surface area contributed by atoms with Crippen molar-refractivity contribution in [1.82, 2.24) is 0 Å². The van der Waals surface area contributed by atoms with Gasteiger partial charge in [-0.2, -0.15) is 5.26 Å². The van der Waals surface area contributed by atoms with Crippen LogP contribution in [0.1, 0.15) is 50.5 Å². The van der Waals surface area contributed by atoms with Gasteiger partial charge in [0.1, 0.15) is 5.78 Å². The molecule has 0 N–H and O–H groups in total. The lowest BCUT2D eigenvalue weighted by Gasteiger charge is -2.39. The summed E-state index contributed by atoms with van der Waals surface area (Å²) in [5.74, 6) is 0.164. The SMILES string of the molecule is C=CCCC(=O)C(C)(C)[C@@H]1CCOC(c2ccccc2C#N)O1. The Balaban J connectivity index is 2.16. The first-order chi connectivity index (χ1) is 11.0. The summed E-state index contributed by atoms with van der Waals surface area (Å²) in [5.41, 5.74) is 0.662. The third-order valence-corrected chi connectivity index (χ3v) is 4.37. The minimum Gasteiger partial charge on any atom is -0.348 e. The van der Waals surface area contributed by atoms with Gasteiger partial charge in [-0.05, 0) is 18.9 Å². The smallest absolute Gasteiger partial charge is 0.185 e. The van der Waals surface area contributed by atoms with Crippen LogP contribution in [0.25, 0.3) is 0 Å². The highest BCUT2D eigenvalue weighted by Gasteiger charge is 2.40. The second kappa shape index (κ2) is 7.54. The minimum absolute atomic E-state index is 0.164. The van der Waals surface area contributed by atoms with Crippen molar-refractivity contribution in [2.24, 2.45) is 5.41 Å². The van der Waals surface area contributed by atoms with E-state index in [1.807, 2.05) is 32.0 Å². The van der Waals surface area contributed by atoms with Crippen molar-refractivity contribution in [2.75, 3.05) is 6.61 Å². The van der Waals surface area contributed by atoms with Crippen LogP contribution in [0.15, 0.2) is 36.9 Å². The largest absolute Gasteiger partial charge is 0.348 e. The maximum atomic E-state index is 12.5. The van der Waals surface area contributed by atoms with E-state index < -0.39 is 11.7 Å². The van der Waals surface area contributed by atoms with Gasteiger partial charge in [-0.1, -0.05) is 38.1 Å². The van der Waals surface area contributed by atoms with Crippen LogP contribution in [0.5, 0.6) is 0 Å². The Hall–Kier alpha value is -1.96. The van der Waals surface area contributed by atoms with Crippen LogP contribution in [0.4, 0.5) is 0 Å². The summed E-state index contributed by atoms with van der Waals surface area (Å²) < 4.78 is 11.8. The summed E-state index contributed by atoms with van der Waals surface area (Å²) in [6.07, 6.45) is 2.73. The number of allylic oxidation sites excluding steroid dienone is 1. The monoisotopic (exact) mass is 313 g/mol. The first-order valence-corrected chi connectivity index (χ1v) is 7.91. The number of hydrogen-bond donors (Lipinski definition) is 0. The van der Waals surface area contributed by atoms with Crippen molar-refractivity contribution in [3.05, 3.63) is 48.0 Å². The zero-order valence-corrected chi connectivity index (χ0v) is 13.7. The molecular weight excluding hydrogens is 290 g/mol. The van der Waals surface area contributed by atoms with E-state index in [1.165, 1.54) is 0 Å². The molecule has 0 radical (unpaired) electrons. The van der Waals surface area contributed by atoms with E-state index in [0.29, 0.717) is 37.0 Å². The number of benzene rings is 1. The fourth-order valence-electron chi connectivity index (χ4n) is 2.77. The van der Waals surface area contributed by atoms with E-state index in [-0.39, 0.29) is 11.9 Å². The van der Waals surface area contributed by atoms with E-state index in [2.05, 4.69) is 12.6 Å². The molecule has 1 aliphatic heterocycles. The summed E-state index contributed by atoms with van der Waals surface area (Å²) in [4.78, 5) is 12.5. The fraction of sp³-hybridized carbons (Fsp3) is 0.474. The minimum atomic E-state index is -0.601. The number of hydrogen-bond acceptors (Lipinski definition) is 4. The summed E-state index contributed by atoms with van der Waals surface area (Å²) in [6.45, 7) is 8.01. The van der Waals surface area contributed by atoms with E-state index in [4.69, 9.17) is 9.47 Å². The van der Waals surface area contributed by atoms with E-state index in [1.54, 1.807) is 12.1 Å². The highest BCUT2D eigenvalue weighted by molar-refractivity contribution is 5.84. The molecule has 23 heavy (non-hydrogen) atoms. The van der Waals surface area contributed by atoms with Gasteiger partial charge in [0.15, 0.2) is 6.29 Å². The Bertz CT molecular complexity index is 615. The number of Topliss-reactive ketones (excluding diaryl/α,β-unsaturated/α-hetero) is 1. The van der Waals surface area contributed by atoms with Gasteiger partial charge in [0.2, 0.25) is 0 Å². The third kappa shape index (κ3) is 3.87. The Morgan fingerprint density at radius 1 is 1.48 bits per heavy atom. The van der Waals surface area contributed by atoms with Crippen LogP contribution in [0.2, 0.25) is 0 Å². The number of nitriles is 1. The summed E-state index contributed by atoms with van der Waals surface area (Å²) in [7, 11) is 0. The molecule has 1 fully saturated rings. The Labute approximate surface area is 137 Å². The molecule has 0 aliphatic carbocycles. The lowest BCUT2D eigenvalue weighted by Crippen LogP contribution is -2.43. The molecule has 2 atom stereocenters. The van der Waals surface area contributed by atoms with Crippen molar-refractivity contribution in [2.45, 2.75) is 45.5 Å². The quantitative estimate of drug-likeness (QED) is 0.747. The Morgan fingerprint density at radius 3 is 2.91 bits per heavy atom. The highest BCUT2D eigenvalue weighted by atomic mass is 16.7. The fourth-order valence-corrected chi connectivity index (χ4v) is 2.77. The number of ketones is 1. The third-order valence-electron chi connectivity index (χ3n) is 4.37. The molecule has 0 amide bonds. The predicted octanol–water partition coefficient (Wildman–Crippen LogP) is 3.92. The van der Waals surface area contributed by atoms with Gasteiger partial charge >= 0.3 is 0 Å². The molecule has 0 aromatic heterocycles. The predicted molar refractivity (Wildman–Crippen MR) is 87.6 cm³/mol. The molecular formula is C19H23NO3. The highest BCUT2D eigenvalue weighted by Crippen LogP contribution is 2.37. The van der Waals surface area contributed by atoms with Gasteiger partial charge < -0.3 is 9.47 Å². The maximum Gasteiger partial charge on any atom is 0.185 e. The molecule has 0 spiro atoms.